The van der Waals surface area contributed by atoms with E-state index >= 15 is 0 Å². The zero-order chi connectivity index (χ0) is 19.5. The molecule has 0 aliphatic rings. The summed E-state index contributed by atoms with van der Waals surface area (Å²) >= 11 is 0. The molecule has 0 heterocycles. The van der Waals surface area contributed by atoms with E-state index in [2.05, 4.69) is 0 Å². The van der Waals surface area contributed by atoms with E-state index in [9.17, 15) is 26.2 Å². The summed E-state index contributed by atoms with van der Waals surface area (Å²) in [6, 6.07) is 8.58. The molecular formula is C16H14O8S2. The third-order valence-corrected chi connectivity index (χ3v) is 5.07. The number of carbonyl (C=O) groups is 1. The van der Waals surface area contributed by atoms with Gasteiger partial charge in [-0.15, -0.1) is 0 Å². The number of ketones is 1. The molecule has 10 heteroatoms. The fourth-order valence-corrected chi connectivity index (χ4v) is 3.23. The third-order valence-electron chi connectivity index (χ3n) is 3.33. The van der Waals surface area contributed by atoms with Crippen molar-refractivity contribution in [3.05, 3.63) is 59.7 Å². The second kappa shape index (κ2) is 7.38. The Morgan fingerprint density at radius 1 is 0.962 bits per heavy atom. The molecule has 2 aromatic carbocycles. The summed E-state index contributed by atoms with van der Waals surface area (Å²) in [5.74, 6) is -0.520. The normalized spacial score (nSPS) is 12.3. The SMILES string of the molecule is COc1ccc(/C=C/C(=O)c2ccc(S(=O)(=O)O)cc2)cc1S(=O)(=O)O. The zero-order valence-electron chi connectivity index (χ0n) is 13.4. The van der Waals surface area contributed by atoms with Gasteiger partial charge in [0.05, 0.1) is 12.0 Å². The van der Waals surface area contributed by atoms with Gasteiger partial charge in [0.1, 0.15) is 10.6 Å². The molecule has 0 fully saturated rings. The van der Waals surface area contributed by atoms with E-state index < -0.39 is 30.9 Å². The lowest BCUT2D eigenvalue weighted by molar-refractivity contribution is 0.104. The van der Waals surface area contributed by atoms with Crippen molar-refractivity contribution in [1.29, 1.82) is 0 Å². The van der Waals surface area contributed by atoms with Gasteiger partial charge in [-0.25, -0.2) is 0 Å². The van der Waals surface area contributed by atoms with Crippen LogP contribution in [-0.2, 0) is 20.2 Å². The Morgan fingerprint density at radius 2 is 1.58 bits per heavy atom. The van der Waals surface area contributed by atoms with E-state index in [-0.39, 0.29) is 16.2 Å². The number of rotatable bonds is 6. The predicted octanol–water partition coefficient (Wildman–Crippen LogP) is 2.08. The number of benzene rings is 2. The lowest BCUT2D eigenvalue weighted by Gasteiger charge is -2.06. The first-order chi connectivity index (χ1) is 12.0. The van der Waals surface area contributed by atoms with Crippen LogP contribution in [0.4, 0.5) is 0 Å². The lowest BCUT2D eigenvalue weighted by atomic mass is 10.1. The summed E-state index contributed by atoms with van der Waals surface area (Å²) in [5.41, 5.74) is 0.485. The van der Waals surface area contributed by atoms with Gasteiger partial charge in [0.2, 0.25) is 0 Å². The second-order valence-electron chi connectivity index (χ2n) is 5.08. The van der Waals surface area contributed by atoms with E-state index in [0.717, 1.165) is 24.3 Å². The zero-order valence-corrected chi connectivity index (χ0v) is 15.0. The van der Waals surface area contributed by atoms with Crippen LogP contribution in [-0.4, -0.2) is 38.8 Å². The van der Waals surface area contributed by atoms with Crippen LogP contribution in [0.5, 0.6) is 5.75 Å². The molecule has 138 valence electrons. The molecule has 0 aliphatic carbocycles. The summed E-state index contributed by atoms with van der Waals surface area (Å²) in [5, 5.41) is 0. The maximum Gasteiger partial charge on any atom is 0.298 e. The van der Waals surface area contributed by atoms with Crippen LogP contribution in [0.3, 0.4) is 0 Å². The number of methoxy groups -OCH3 is 1. The van der Waals surface area contributed by atoms with Gasteiger partial charge in [0, 0.05) is 5.56 Å². The summed E-state index contributed by atoms with van der Waals surface area (Å²) in [6.07, 6.45) is 2.48. The molecule has 2 aromatic rings. The molecule has 26 heavy (non-hydrogen) atoms. The Balaban J connectivity index is 2.28. The maximum absolute atomic E-state index is 12.1. The van der Waals surface area contributed by atoms with Crippen molar-refractivity contribution in [3.63, 3.8) is 0 Å². The summed E-state index contributed by atoms with van der Waals surface area (Å²) in [6.45, 7) is 0. The molecule has 0 aromatic heterocycles. The number of ether oxygens (including phenoxy) is 1. The predicted molar refractivity (Wildman–Crippen MR) is 92.4 cm³/mol. The number of carbonyl (C=O) groups excluding carboxylic acids is 1. The Bertz CT molecular complexity index is 1070. The van der Waals surface area contributed by atoms with Crippen LogP contribution in [0, 0.1) is 0 Å². The number of allylic oxidation sites excluding steroid dienone is 1. The number of hydrogen-bond acceptors (Lipinski definition) is 6. The topological polar surface area (TPSA) is 135 Å². The van der Waals surface area contributed by atoms with Crippen molar-refractivity contribution in [2.45, 2.75) is 9.79 Å². The molecule has 0 aliphatic heterocycles. The van der Waals surface area contributed by atoms with Crippen molar-refractivity contribution in [1.82, 2.24) is 0 Å². The van der Waals surface area contributed by atoms with Crippen molar-refractivity contribution in [3.8, 4) is 5.75 Å². The summed E-state index contributed by atoms with van der Waals surface area (Å²) < 4.78 is 67.6. The Labute approximate surface area is 150 Å². The first kappa shape index (κ1) is 19.8. The van der Waals surface area contributed by atoms with Gasteiger partial charge < -0.3 is 4.74 Å². The Kier molecular flexibility index (Phi) is 5.62. The van der Waals surface area contributed by atoms with Crippen LogP contribution in [0.1, 0.15) is 15.9 Å². The average Bonchev–Trinajstić information content (AvgIpc) is 2.58. The van der Waals surface area contributed by atoms with Gasteiger partial charge in [-0.1, -0.05) is 12.1 Å². The van der Waals surface area contributed by atoms with Gasteiger partial charge >= 0.3 is 0 Å². The van der Waals surface area contributed by atoms with Crippen molar-refractivity contribution < 1.29 is 35.5 Å². The van der Waals surface area contributed by atoms with Crippen LogP contribution < -0.4 is 4.74 Å². The molecule has 0 unspecified atom stereocenters. The van der Waals surface area contributed by atoms with Crippen LogP contribution >= 0.6 is 0 Å². The van der Waals surface area contributed by atoms with Crippen molar-refractivity contribution >= 4 is 32.1 Å². The molecule has 8 nitrogen and oxygen atoms in total. The van der Waals surface area contributed by atoms with Gasteiger partial charge in [-0.05, 0) is 48.0 Å². The van der Waals surface area contributed by atoms with Gasteiger partial charge in [0.25, 0.3) is 20.2 Å². The molecule has 0 amide bonds. The molecule has 0 spiro atoms. The first-order valence-electron chi connectivity index (χ1n) is 6.98. The highest BCUT2D eigenvalue weighted by molar-refractivity contribution is 7.86. The van der Waals surface area contributed by atoms with Crippen LogP contribution in [0.15, 0.2) is 58.3 Å². The van der Waals surface area contributed by atoms with Gasteiger partial charge in [-0.2, -0.15) is 16.8 Å². The first-order valence-corrected chi connectivity index (χ1v) is 9.86. The van der Waals surface area contributed by atoms with Crippen LogP contribution in [0.2, 0.25) is 0 Å². The van der Waals surface area contributed by atoms with Gasteiger partial charge in [-0.3, -0.25) is 13.9 Å². The smallest absolute Gasteiger partial charge is 0.298 e. The molecule has 0 radical (unpaired) electrons. The highest BCUT2D eigenvalue weighted by Gasteiger charge is 2.16. The highest BCUT2D eigenvalue weighted by Crippen LogP contribution is 2.25. The molecule has 0 atom stereocenters. The number of hydrogen-bond donors (Lipinski definition) is 2. The van der Waals surface area contributed by atoms with E-state index in [0.29, 0.717) is 5.56 Å². The summed E-state index contributed by atoms with van der Waals surface area (Å²) in [4.78, 5) is 11.3. The second-order valence-corrected chi connectivity index (χ2v) is 7.89. The minimum absolute atomic E-state index is 0.0446. The monoisotopic (exact) mass is 398 g/mol. The fraction of sp³-hybridized carbons (Fsp3) is 0.0625. The molecule has 0 saturated heterocycles. The molecule has 0 bridgehead atoms. The van der Waals surface area contributed by atoms with E-state index in [4.69, 9.17) is 9.29 Å². The van der Waals surface area contributed by atoms with E-state index in [1.165, 1.54) is 37.5 Å². The molecular weight excluding hydrogens is 384 g/mol. The molecule has 2 N–H and O–H groups in total. The largest absolute Gasteiger partial charge is 0.495 e. The quantitative estimate of drug-likeness (QED) is 0.429. The fourth-order valence-electron chi connectivity index (χ4n) is 2.06. The maximum atomic E-state index is 12.1. The minimum Gasteiger partial charge on any atom is -0.495 e. The lowest BCUT2D eigenvalue weighted by Crippen LogP contribution is -2.02. The standard InChI is InChI=1S/C16H14O8S2/c1-24-15-9-3-11(10-16(15)26(21,22)23)2-8-14(17)12-4-6-13(7-5-12)25(18,19)20/h2-10H,1H3,(H,18,19,20)(H,21,22,23)/b8-2+. The molecule has 2 rings (SSSR count). The third kappa shape index (κ3) is 4.76. The van der Waals surface area contributed by atoms with Crippen molar-refractivity contribution in [2.24, 2.45) is 0 Å². The molecule has 0 saturated carbocycles. The van der Waals surface area contributed by atoms with Crippen molar-refractivity contribution in [2.75, 3.05) is 7.11 Å². The minimum atomic E-state index is -4.50. The van der Waals surface area contributed by atoms with E-state index in [1.807, 2.05) is 0 Å². The average molecular weight is 398 g/mol. The van der Waals surface area contributed by atoms with E-state index in [1.54, 1.807) is 0 Å². The van der Waals surface area contributed by atoms with Gasteiger partial charge in [0.15, 0.2) is 5.78 Å². The highest BCUT2D eigenvalue weighted by atomic mass is 32.2. The Morgan fingerprint density at radius 3 is 2.08 bits per heavy atom. The van der Waals surface area contributed by atoms with Crippen LogP contribution in [0.25, 0.3) is 6.08 Å². The Hall–Kier alpha value is -2.53. The summed E-state index contributed by atoms with van der Waals surface area (Å²) in [7, 11) is -7.60.